The van der Waals surface area contributed by atoms with Crippen LogP contribution in [0.2, 0.25) is 0 Å². The molecule has 0 fully saturated rings. The average Bonchev–Trinajstić information content (AvgIpc) is 2.74. The molecule has 32 heavy (non-hydrogen) atoms. The number of ether oxygens (including phenoxy) is 1. The number of nitrogens with zero attached hydrogens (tertiary/aromatic N) is 2. The molecule has 1 atom stereocenters. The highest BCUT2D eigenvalue weighted by molar-refractivity contribution is 5.94. The van der Waals surface area contributed by atoms with Crippen molar-refractivity contribution < 1.29 is 19.1 Å². The van der Waals surface area contributed by atoms with E-state index in [2.05, 4.69) is 5.32 Å². The molecule has 1 heterocycles. The van der Waals surface area contributed by atoms with Gasteiger partial charge in [-0.2, -0.15) is 0 Å². The number of likely N-dealkylation sites (N-methyl/N-ethyl adjacent to an activating group) is 1. The topological polar surface area (TPSA) is 79.0 Å². The van der Waals surface area contributed by atoms with Gasteiger partial charge in [0.15, 0.2) is 0 Å². The van der Waals surface area contributed by atoms with E-state index in [1.165, 1.54) is 7.11 Å². The molecule has 0 radical (unpaired) electrons. The molecule has 0 bridgehead atoms. The molecular weight excluding hydrogens is 406 g/mol. The summed E-state index contributed by atoms with van der Waals surface area (Å²) >= 11 is 0. The molecule has 7 nitrogen and oxygen atoms in total. The lowest BCUT2D eigenvalue weighted by Crippen LogP contribution is -2.52. The van der Waals surface area contributed by atoms with Crippen LogP contribution in [0.15, 0.2) is 36.4 Å². The minimum Gasteiger partial charge on any atom is -0.467 e. The number of nitrogens with one attached hydrogen (secondary N) is 1. The van der Waals surface area contributed by atoms with Crippen LogP contribution >= 0.6 is 0 Å². The standard InChI is InChI=1S/C25H31N3O4/c1-16-10-17(2)24(18(3)11-16)26-22(29)14-27(4)15-23(30)28-13-20-9-7-6-8-19(20)12-21(28)25(31)32-5/h6-11,21H,12-15H2,1-5H3,(H,26,29)/t21-/m0/s1. The van der Waals surface area contributed by atoms with Gasteiger partial charge in [-0.15, -0.1) is 0 Å². The summed E-state index contributed by atoms with van der Waals surface area (Å²) in [7, 11) is 3.05. The second-order valence-corrected chi connectivity index (χ2v) is 8.53. The monoisotopic (exact) mass is 437 g/mol. The minimum atomic E-state index is -0.664. The number of fused-ring (bicyclic) bond motifs is 1. The first-order chi connectivity index (χ1) is 15.2. The molecule has 2 aromatic carbocycles. The van der Waals surface area contributed by atoms with Crippen molar-refractivity contribution in [1.82, 2.24) is 9.80 Å². The lowest BCUT2D eigenvalue weighted by Gasteiger charge is -2.36. The Hall–Kier alpha value is -3.19. The number of esters is 1. The maximum absolute atomic E-state index is 13.1. The second kappa shape index (κ2) is 9.96. The summed E-state index contributed by atoms with van der Waals surface area (Å²) in [5, 5.41) is 2.96. The van der Waals surface area contributed by atoms with Gasteiger partial charge in [-0.25, -0.2) is 4.79 Å². The van der Waals surface area contributed by atoms with Gasteiger partial charge in [0.05, 0.1) is 20.2 Å². The molecule has 170 valence electrons. The quantitative estimate of drug-likeness (QED) is 0.703. The molecule has 2 amide bonds. The Kier molecular flexibility index (Phi) is 7.30. The van der Waals surface area contributed by atoms with Crippen LogP contribution in [0.3, 0.4) is 0 Å². The van der Waals surface area contributed by atoms with E-state index in [0.29, 0.717) is 13.0 Å². The number of carbonyl (C=O) groups is 3. The number of rotatable bonds is 6. The first-order valence-electron chi connectivity index (χ1n) is 10.7. The van der Waals surface area contributed by atoms with Gasteiger partial charge in [-0.05, 0) is 50.1 Å². The fourth-order valence-electron chi connectivity index (χ4n) is 4.31. The van der Waals surface area contributed by atoms with Crippen LogP contribution in [-0.4, -0.2) is 60.9 Å². The number of amides is 2. The van der Waals surface area contributed by atoms with Crippen molar-refractivity contribution in [3.8, 4) is 0 Å². The van der Waals surface area contributed by atoms with Gasteiger partial charge in [0.1, 0.15) is 6.04 Å². The van der Waals surface area contributed by atoms with Gasteiger partial charge < -0.3 is 15.0 Å². The lowest BCUT2D eigenvalue weighted by molar-refractivity contribution is -0.154. The van der Waals surface area contributed by atoms with Crippen molar-refractivity contribution in [3.05, 3.63) is 64.2 Å². The summed E-state index contributed by atoms with van der Waals surface area (Å²) in [5.74, 6) is -0.838. The summed E-state index contributed by atoms with van der Waals surface area (Å²) < 4.78 is 4.94. The molecule has 0 spiro atoms. The van der Waals surface area contributed by atoms with Crippen LogP contribution in [0.1, 0.15) is 27.8 Å². The van der Waals surface area contributed by atoms with E-state index in [0.717, 1.165) is 33.5 Å². The van der Waals surface area contributed by atoms with Crippen LogP contribution in [0.5, 0.6) is 0 Å². The number of hydrogen-bond acceptors (Lipinski definition) is 5. The summed E-state index contributed by atoms with van der Waals surface area (Å²) in [6.07, 6.45) is 0.421. The number of aryl methyl sites for hydroxylation is 3. The zero-order chi connectivity index (χ0) is 23.4. The van der Waals surface area contributed by atoms with Crippen LogP contribution in [0.25, 0.3) is 0 Å². The van der Waals surface area contributed by atoms with E-state index in [1.807, 2.05) is 57.2 Å². The fourth-order valence-corrected chi connectivity index (χ4v) is 4.31. The zero-order valence-corrected chi connectivity index (χ0v) is 19.4. The van der Waals surface area contributed by atoms with E-state index in [-0.39, 0.29) is 24.9 Å². The van der Waals surface area contributed by atoms with Gasteiger partial charge in [0, 0.05) is 18.7 Å². The normalized spacial score (nSPS) is 15.3. The number of hydrogen-bond donors (Lipinski definition) is 1. The predicted octanol–water partition coefficient (Wildman–Crippen LogP) is 2.61. The average molecular weight is 438 g/mol. The number of methoxy groups -OCH3 is 1. The third-order valence-electron chi connectivity index (χ3n) is 5.80. The summed E-state index contributed by atoms with van der Waals surface area (Å²) in [6, 6.07) is 11.2. The van der Waals surface area contributed by atoms with Crippen molar-refractivity contribution in [3.63, 3.8) is 0 Å². The predicted molar refractivity (Wildman–Crippen MR) is 123 cm³/mol. The van der Waals surface area contributed by atoms with Crippen molar-refractivity contribution >= 4 is 23.5 Å². The van der Waals surface area contributed by atoms with E-state index >= 15 is 0 Å². The van der Waals surface area contributed by atoms with Crippen molar-refractivity contribution in [1.29, 1.82) is 0 Å². The molecule has 0 saturated heterocycles. The zero-order valence-electron chi connectivity index (χ0n) is 19.4. The van der Waals surface area contributed by atoms with E-state index < -0.39 is 12.0 Å². The van der Waals surface area contributed by atoms with Gasteiger partial charge in [0.2, 0.25) is 11.8 Å². The lowest BCUT2D eigenvalue weighted by atomic mass is 9.94. The molecule has 0 aliphatic carbocycles. The Morgan fingerprint density at radius 3 is 2.31 bits per heavy atom. The Labute approximate surface area is 189 Å². The van der Waals surface area contributed by atoms with Gasteiger partial charge in [0.25, 0.3) is 0 Å². The first-order valence-corrected chi connectivity index (χ1v) is 10.7. The van der Waals surface area contributed by atoms with Crippen molar-refractivity contribution in [2.24, 2.45) is 0 Å². The highest BCUT2D eigenvalue weighted by atomic mass is 16.5. The Bertz CT molecular complexity index is 1010. The Morgan fingerprint density at radius 1 is 1.06 bits per heavy atom. The van der Waals surface area contributed by atoms with Crippen LogP contribution in [-0.2, 0) is 32.1 Å². The second-order valence-electron chi connectivity index (χ2n) is 8.53. The van der Waals surface area contributed by atoms with Crippen molar-refractivity contribution in [2.75, 3.05) is 32.6 Å². The molecular formula is C25H31N3O4. The van der Waals surface area contributed by atoms with Crippen LogP contribution in [0, 0.1) is 20.8 Å². The molecule has 7 heteroatoms. The SMILES string of the molecule is COC(=O)[C@@H]1Cc2ccccc2CN1C(=O)CN(C)CC(=O)Nc1c(C)cc(C)cc1C. The third kappa shape index (κ3) is 5.34. The Balaban J connectivity index is 1.65. The first kappa shape index (κ1) is 23.5. The molecule has 1 aliphatic heterocycles. The summed E-state index contributed by atoms with van der Waals surface area (Å²) in [6.45, 7) is 6.37. The van der Waals surface area contributed by atoms with Crippen LogP contribution in [0.4, 0.5) is 5.69 Å². The molecule has 1 aliphatic rings. The maximum Gasteiger partial charge on any atom is 0.328 e. The highest BCUT2D eigenvalue weighted by Gasteiger charge is 2.35. The summed E-state index contributed by atoms with van der Waals surface area (Å²) in [4.78, 5) is 41.2. The van der Waals surface area contributed by atoms with Crippen LogP contribution < -0.4 is 5.32 Å². The van der Waals surface area contributed by atoms with E-state index in [4.69, 9.17) is 4.74 Å². The third-order valence-corrected chi connectivity index (χ3v) is 5.80. The molecule has 2 aromatic rings. The highest BCUT2D eigenvalue weighted by Crippen LogP contribution is 2.25. The molecule has 0 saturated carbocycles. The van der Waals surface area contributed by atoms with E-state index in [1.54, 1.807) is 16.8 Å². The minimum absolute atomic E-state index is 0.0228. The van der Waals surface area contributed by atoms with Crippen molar-refractivity contribution in [2.45, 2.75) is 39.8 Å². The van der Waals surface area contributed by atoms with E-state index in [9.17, 15) is 14.4 Å². The molecule has 0 aromatic heterocycles. The number of carbonyl (C=O) groups excluding carboxylic acids is 3. The van der Waals surface area contributed by atoms with Gasteiger partial charge >= 0.3 is 5.97 Å². The maximum atomic E-state index is 13.1. The summed E-state index contributed by atoms with van der Waals surface area (Å²) in [5.41, 5.74) is 6.02. The number of benzene rings is 2. The molecule has 3 rings (SSSR count). The smallest absolute Gasteiger partial charge is 0.328 e. The largest absolute Gasteiger partial charge is 0.467 e. The molecule has 1 N–H and O–H groups in total. The fraction of sp³-hybridized carbons (Fsp3) is 0.400. The van der Waals surface area contributed by atoms with Gasteiger partial charge in [-0.3, -0.25) is 14.5 Å². The van der Waals surface area contributed by atoms with Gasteiger partial charge in [-0.1, -0.05) is 42.0 Å². The molecule has 0 unspecified atom stereocenters. The number of anilines is 1. The Morgan fingerprint density at radius 2 is 1.69 bits per heavy atom.